The highest BCUT2D eigenvalue weighted by Crippen LogP contribution is 2.27. The van der Waals surface area contributed by atoms with E-state index in [2.05, 4.69) is 19.2 Å². The first kappa shape index (κ1) is 24.7. The van der Waals surface area contributed by atoms with E-state index >= 15 is 0 Å². The molecule has 1 aromatic rings. The van der Waals surface area contributed by atoms with Gasteiger partial charge in [0, 0.05) is 32.3 Å². The maximum absolute atomic E-state index is 13.3. The first-order valence-corrected chi connectivity index (χ1v) is 12.4. The molecular formula is C23H36N4O4S. The summed E-state index contributed by atoms with van der Waals surface area (Å²) in [6, 6.07) is 3.14. The second kappa shape index (κ2) is 11.2. The van der Waals surface area contributed by atoms with Crippen LogP contribution >= 0.6 is 11.3 Å². The molecule has 32 heavy (non-hydrogen) atoms. The normalized spacial score (nSPS) is 25.7. The predicted octanol–water partition coefficient (Wildman–Crippen LogP) is 1.85. The molecule has 1 aliphatic heterocycles. The number of hydrogen-bond acceptors (Lipinski definition) is 6. The molecule has 2 aliphatic rings. The first-order chi connectivity index (χ1) is 15.3. The molecular weight excluding hydrogens is 428 g/mol. The van der Waals surface area contributed by atoms with E-state index in [1.165, 1.54) is 18.4 Å². The summed E-state index contributed by atoms with van der Waals surface area (Å²) in [6.07, 6.45) is 3.91. The van der Waals surface area contributed by atoms with Crippen molar-refractivity contribution in [2.75, 3.05) is 26.8 Å². The Hall–Kier alpha value is -1.97. The lowest BCUT2D eigenvalue weighted by molar-refractivity contribution is -0.141. The number of thiophene rings is 1. The van der Waals surface area contributed by atoms with Gasteiger partial charge in [0.2, 0.25) is 11.8 Å². The third-order valence-electron chi connectivity index (χ3n) is 6.28. The van der Waals surface area contributed by atoms with Gasteiger partial charge >= 0.3 is 0 Å². The molecule has 1 saturated carbocycles. The van der Waals surface area contributed by atoms with Crippen LogP contribution in [0.1, 0.15) is 55.6 Å². The molecule has 0 bridgehead atoms. The summed E-state index contributed by atoms with van der Waals surface area (Å²) >= 11 is 1.41. The second-order valence-corrected chi connectivity index (χ2v) is 10.3. The fourth-order valence-electron chi connectivity index (χ4n) is 4.66. The van der Waals surface area contributed by atoms with Crippen LogP contribution < -0.4 is 11.1 Å². The Morgan fingerprint density at radius 1 is 1.28 bits per heavy atom. The number of nitrogens with two attached hydrogens (primary N) is 1. The van der Waals surface area contributed by atoms with Crippen molar-refractivity contribution < 1.29 is 19.1 Å². The summed E-state index contributed by atoms with van der Waals surface area (Å²) in [5.41, 5.74) is 5.99. The summed E-state index contributed by atoms with van der Waals surface area (Å²) in [7, 11) is 1.47. The molecule has 0 aromatic carbocycles. The Morgan fingerprint density at radius 3 is 2.59 bits per heavy atom. The van der Waals surface area contributed by atoms with Crippen LogP contribution in [0.4, 0.5) is 0 Å². The fraction of sp³-hybridized carbons (Fsp3) is 0.696. The molecule has 1 saturated heterocycles. The van der Waals surface area contributed by atoms with E-state index in [4.69, 9.17) is 10.5 Å². The van der Waals surface area contributed by atoms with Crippen LogP contribution in [0.2, 0.25) is 0 Å². The molecule has 2 fully saturated rings. The van der Waals surface area contributed by atoms with E-state index < -0.39 is 6.04 Å². The monoisotopic (exact) mass is 464 g/mol. The van der Waals surface area contributed by atoms with Crippen molar-refractivity contribution in [1.29, 1.82) is 0 Å². The van der Waals surface area contributed by atoms with Crippen molar-refractivity contribution >= 4 is 29.1 Å². The smallest absolute Gasteiger partial charge is 0.264 e. The lowest BCUT2D eigenvalue weighted by Gasteiger charge is -2.30. The van der Waals surface area contributed by atoms with Crippen molar-refractivity contribution in [1.82, 2.24) is 15.1 Å². The number of carbonyl (C=O) groups is 3. The van der Waals surface area contributed by atoms with Crippen LogP contribution in [0, 0.1) is 5.92 Å². The number of likely N-dealkylation sites (tertiary alicyclic amines) is 1. The maximum Gasteiger partial charge on any atom is 0.264 e. The largest absolute Gasteiger partial charge is 0.375 e. The number of carbonyl (C=O) groups excluding carboxylic acids is 3. The zero-order valence-corrected chi connectivity index (χ0v) is 20.1. The van der Waals surface area contributed by atoms with Gasteiger partial charge in [-0.05, 0) is 49.5 Å². The molecule has 0 spiro atoms. The summed E-state index contributed by atoms with van der Waals surface area (Å²) in [5, 5.41) is 5.02. The lowest BCUT2D eigenvalue weighted by atomic mass is 9.91. The first-order valence-electron chi connectivity index (χ1n) is 11.5. The standard InChI is InChI=1S/C23H36N4O4S/c1-15(2)12-26(23(30)20-5-4-10-32-20)18-11-19(27(13-18)21(28)14-31-3)22(29)25-17-8-6-16(24)7-9-17/h4-5,10,15-19H,6-9,11-14,24H2,1-3H3,(H,25,29). The molecule has 8 nitrogen and oxygen atoms in total. The van der Waals surface area contributed by atoms with E-state index in [1.54, 1.807) is 4.90 Å². The molecule has 3 rings (SSSR count). The molecule has 3 N–H and O–H groups in total. The minimum atomic E-state index is -0.607. The quantitative estimate of drug-likeness (QED) is 0.611. The van der Waals surface area contributed by atoms with Crippen molar-refractivity contribution in [3.8, 4) is 0 Å². The number of rotatable bonds is 8. The van der Waals surface area contributed by atoms with Crippen molar-refractivity contribution in [2.24, 2.45) is 11.7 Å². The minimum Gasteiger partial charge on any atom is -0.375 e. The van der Waals surface area contributed by atoms with Gasteiger partial charge in [-0.15, -0.1) is 11.3 Å². The predicted molar refractivity (Wildman–Crippen MR) is 124 cm³/mol. The molecule has 1 aromatic heterocycles. The summed E-state index contributed by atoms with van der Waals surface area (Å²) in [4.78, 5) is 43.4. The lowest BCUT2D eigenvalue weighted by Crippen LogP contribution is -2.50. The Balaban J connectivity index is 1.77. The van der Waals surface area contributed by atoms with E-state index in [9.17, 15) is 14.4 Å². The van der Waals surface area contributed by atoms with Gasteiger partial charge in [-0.1, -0.05) is 19.9 Å². The molecule has 1 aliphatic carbocycles. The van der Waals surface area contributed by atoms with Gasteiger partial charge in [0.1, 0.15) is 12.6 Å². The van der Waals surface area contributed by atoms with Crippen LogP contribution in [-0.4, -0.2) is 78.5 Å². The van der Waals surface area contributed by atoms with Crippen molar-refractivity contribution in [3.63, 3.8) is 0 Å². The van der Waals surface area contributed by atoms with Crippen LogP contribution in [0.15, 0.2) is 17.5 Å². The van der Waals surface area contributed by atoms with Gasteiger partial charge < -0.3 is 25.6 Å². The van der Waals surface area contributed by atoms with E-state index in [-0.39, 0.29) is 48.4 Å². The van der Waals surface area contributed by atoms with Crippen LogP contribution in [0.5, 0.6) is 0 Å². The Morgan fingerprint density at radius 2 is 2.00 bits per heavy atom. The Bertz CT molecular complexity index is 777. The number of ether oxygens (including phenoxy) is 1. The third kappa shape index (κ3) is 6.08. The fourth-order valence-corrected chi connectivity index (χ4v) is 5.34. The third-order valence-corrected chi connectivity index (χ3v) is 7.14. The SMILES string of the molecule is COCC(=O)N1CC(N(CC(C)C)C(=O)c2cccs2)CC1C(=O)NC1CCC(N)CC1. The Kier molecular flexibility index (Phi) is 8.67. The van der Waals surface area contributed by atoms with Crippen molar-refractivity contribution in [3.05, 3.63) is 22.4 Å². The average molecular weight is 465 g/mol. The average Bonchev–Trinajstić information content (AvgIpc) is 3.43. The summed E-state index contributed by atoms with van der Waals surface area (Å²) in [6.45, 7) is 4.95. The number of amides is 3. The van der Waals surface area contributed by atoms with E-state index in [1.807, 2.05) is 22.4 Å². The molecule has 2 unspecified atom stereocenters. The Labute approximate surface area is 194 Å². The number of methoxy groups -OCH3 is 1. The van der Waals surface area contributed by atoms with Gasteiger partial charge in [0.05, 0.1) is 10.9 Å². The molecule has 9 heteroatoms. The molecule has 2 heterocycles. The second-order valence-electron chi connectivity index (χ2n) is 9.33. The molecule has 3 amide bonds. The minimum absolute atomic E-state index is 0.0415. The highest BCUT2D eigenvalue weighted by atomic mass is 32.1. The van der Waals surface area contributed by atoms with Gasteiger partial charge in [0.25, 0.3) is 5.91 Å². The van der Waals surface area contributed by atoms with Gasteiger partial charge in [-0.3, -0.25) is 14.4 Å². The van der Waals surface area contributed by atoms with E-state index in [0.29, 0.717) is 24.4 Å². The highest BCUT2D eigenvalue weighted by molar-refractivity contribution is 7.12. The molecule has 178 valence electrons. The summed E-state index contributed by atoms with van der Waals surface area (Å²) in [5.74, 6) is -0.152. The van der Waals surface area contributed by atoms with Gasteiger partial charge in [0.15, 0.2) is 0 Å². The highest BCUT2D eigenvalue weighted by Gasteiger charge is 2.43. The summed E-state index contributed by atoms with van der Waals surface area (Å²) < 4.78 is 5.06. The number of nitrogens with zero attached hydrogens (tertiary/aromatic N) is 2. The zero-order valence-electron chi connectivity index (χ0n) is 19.3. The van der Waals surface area contributed by atoms with Crippen molar-refractivity contribution in [2.45, 2.75) is 70.1 Å². The van der Waals surface area contributed by atoms with Crippen LogP contribution in [-0.2, 0) is 14.3 Å². The number of nitrogens with one attached hydrogen (secondary N) is 1. The van der Waals surface area contributed by atoms with Gasteiger partial charge in [-0.2, -0.15) is 0 Å². The van der Waals surface area contributed by atoms with Crippen LogP contribution in [0.25, 0.3) is 0 Å². The maximum atomic E-state index is 13.3. The van der Waals surface area contributed by atoms with Gasteiger partial charge in [-0.25, -0.2) is 0 Å². The van der Waals surface area contributed by atoms with Crippen LogP contribution in [0.3, 0.4) is 0 Å². The molecule has 2 atom stereocenters. The topological polar surface area (TPSA) is 105 Å². The van der Waals surface area contributed by atoms with E-state index in [0.717, 1.165) is 25.7 Å². The zero-order chi connectivity index (χ0) is 23.3. The molecule has 0 radical (unpaired) electrons. The number of hydrogen-bond donors (Lipinski definition) is 2.